The Hall–Kier alpha value is -0.820. The summed E-state index contributed by atoms with van der Waals surface area (Å²) in [6, 6.07) is 6.95. The number of aryl methyl sites for hydroxylation is 2. The lowest BCUT2D eigenvalue weighted by molar-refractivity contribution is 0.590. The first-order valence-electron chi connectivity index (χ1n) is 5.96. The Morgan fingerprint density at radius 2 is 1.93 bits per heavy atom. The summed E-state index contributed by atoms with van der Waals surface area (Å²) in [6.45, 7) is 8.79. The van der Waals surface area contributed by atoms with E-state index in [1.807, 2.05) is 0 Å². The van der Waals surface area contributed by atoms with Gasteiger partial charge in [-0.3, -0.25) is 0 Å². The van der Waals surface area contributed by atoms with Crippen LogP contribution in [0.5, 0.6) is 0 Å². The van der Waals surface area contributed by atoms with Gasteiger partial charge in [-0.1, -0.05) is 25.1 Å². The molecule has 1 aliphatic rings. The smallest absolute Gasteiger partial charge is 0.00785 e. The monoisotopic (exact) mass is 203 g/mol. The summed E-state index contributed by atoms with van der Waals surface area (Å²) in [5.74, 6) is 0. The highest BCUT2D eigenvalue weighted by Crippen LogP contribution is 2.47. The van der Waals surface area contributed by atoms with E-state index in [1.54, 1.807) is 0 Å². The highest BCUT2D eigenvalue weighted by molar-refractivity contribution is 5.38. The van der Waals surface area contributed by atoms with Crippen molar-refractivity contribution in [2.24, 2.45) is 0 Å². The lowest BCUT2D eigenvalue weighted by Gasteiger charge is -2.17. The third kappa shape index (κ3) is 2.07. The molecule has 82 valence electrons. The van der Waals surface area contributed by atoms with Crippen molar-refractivity contribution in [2.75, 3.05) is 13.1 Å². The zero-order valence-corrected chi connectivity index (χ0v) is 10.1. The van der Waals surface area contributed by atoms with Crippen molar-refractivity contribution in [3.63, 3.8) is 0 Å². The van der Waals surface area contributed by atoms with Crippen molar-refractivity contribution in [1.29, 1.82) is 0 Å². The molecular formula is C14H21N. The summed E-state index contributed by atoms with van der Waals surface area (Å²) in [6.07, 6.45) is 2.70. The number of rotatable bonds is 4. The largest absolute Gasteiger partial charge is 0.316 e. The van der Waals surface area contributed by atoms with E-state index < -0.39 is 0 Å². The summed E-state index contributed by atoms with van der Waals surface area (Å²) in [5, 5.41) is 3.48. The molecule has 0 heterocycles. The third-order valence-electron chi connectivity index (χ3n) is 3.69. The van der Waals surface area contributed by atoms with Crippen LogP contribution in [0.4, 0.5) is 0 Å². The molecule has 0 bridgehead atoms. The van der Waals surface area contributed by atoms with E-state index >= 15 is 0 Å². The molecule has 0 aliphatic heterocycles. The van der Waals surface area contributed by atoms with Crippen LogP contribution in [0.2, 0.25) is 0 Å². The van der Waals surface area contributed by atoms with Gasteiger partial charge in [0, 0.05) is 12.0 Å². The Kier molecular flexibility index (Phi) is 2.83. The van der Waals surface area contributed by atoms with Gasteiger partial charge in [-0.25, -0.2) is 0 Å². The van der Waals surface area contributed by atoms with Gasteiger partial charge in [-0.2, -0.15) is 0 Å². The Balaban J connectivity index is 2.18. The number of nitrogens with one attached hydrogen (secondary N) is 1. The number of hydrogen-bond acceptors (Lipinski definition) is 1. The van der Waals surface area contributed by atoms with Crippen molar-refractivity contribution in [3.8, 4) is 0 Å². The van der Waals surface area contributed by atoms with Crippen LogP contribution in [0.15, 0.2) is 18.2 Å². The van der Waals surface area contributed by atoms with Crippen LogP contribution in [0, 0.1) is 13.8 Å². The lowest BCUT2D eigenvalue weighted by atomic mass is 9.93. The molecule has 1 aromatic rings. The van der Waals surface area contributed by atoms with Crippen molar-refractivity contribution in [2.45, 2.75) is 39.0 Å². The van der Waals surface area contributed by atoms with Crippen LogP contribution in [0.25, 0.3) is 0 Å². The van der Waals surface area contributed by atoms with Crippen molar-refractivity contribution < 1.29 is 0 Å². The molecular weight excluding hydrogens is 182 g/mol. The minimum atomic E-state index is 0.467. The molecule has 1 saturated carbocycles. The van der Waals surface area contributed by atoms with E-state index in [4.69, 9.17) is 0 Å². The highest BCUT2D eigenvalue weighted by Gasteiger charge is 2.43. The van der Waals surface area contributed by atoms with E-state index in [2.05, 4.69) is 44.3 Å². The number of hydrogen-bond donors (Lipinski definition) is 1. The predicted octanol–water partition coefficient (Wildman–Crippen LogP) is 2.94. The van der Waals surface area contributed by atoms with Crippen LogP contribution < -0.4 is 5.32 Å². The number of likely N-dealkylation sites (N-methyl/N-ethyl adjacent to an activating group) is 1. The molecule has 0 atom stereocenters. The maximum Gasteiger partial charge on any atom is 0.00785 e. The highest BCUT2D eigenvalue weighted by atomic mass is 14.9. The fourth-order valence-corrected chi connectivity index (χ4v) is 2.15. The summed E-state index contributed by atoms with van der Waals surface area (Å²) in [5.41, 5.74) is 4.83. The second-order valence-electron chi connectivity index (χ2n) is 4.86. The fourth-order valence-electron chi connectivity index (χ4n) is 2.15. The van der Waals surface area contributed by atoms with Gasteiger partial charge in [0.25, 0.3) is 0 Å². The molecule has 0 spiro atoms. The fraction of sp³-hybridized carbons (Fsp3) is 0.571. The normalized spacial score (nSPS) is 17.8. The average molecular weight is 203 g/mol. The lowest BCUT2D eigenvalue weighted by Crippen LogP contribution is -2.26. The quantitative estimate of drug-likeness (QED) is 0.793. The standard InChI is InChI=1S/C14H21N/c1-4-15-10-14(7-8-14)13-6-5-11(2)12(3)9-13/h5-6,9,15H,4,7-8,10H2,1-3H3. The molecule has 2 rings (SSSR count). The molecule has 0 amide bonds. The molecule has 0 saturated heterocycles. The molecule has 0 aromatic heterocycles. The molecule has 0 radical (unpaired) electrons. The van der Waals surface area contributed by atoms with Crippen LogP contribution in [0.3, 0.4) is 0 Å². The minimum Gasteiger partial charge on any atom is -0.316 e. The van der Waals surface area contributed by atoms with E-state index in [0.29, 0.717) is 5.41 Å². The molecule has 1 aromatic carbocycles. The Labute approximate surface area is 92.9 Å². The first-order valence-corrected chi connectivity index (χ1v) is 5.96. The van der Waals surface area contributed by atoms with Gasteiger partial charge in [0.1, 0.15) is 0 Å². The summed E-state index contributed by atoms with van der Waals surface area (Å²) in [4.78, 5) is 0. The van der Waals surface area contributed by atoms with E-state index in [-0.39, 0.29) is 0 Å². The van der Waals surface area contributed by atoms with Crippen molar-refractivity contribution >= 4 is 0 Å². The van der Waals surface area contributed by atoms with Gasteiger partial charge in [-0.05, 0) is 49.9 Å². The molecule has 1 nitrogen and oxygen atoms in total. The maximum atomic E-state index is 3.48. The van der Waals surface area contributed by atoms with Crippen LogP contribution in [-0.4, -0.2) is 13.1 Å². The molecule has 15 heavy (non-hydrogen) atoms. The number of benzene rings is 1. The Morgan fingerprint density at radius 3 is 2.47 bits per heavy atom. The first-order chi connectivity index (χ1) is 7.18. The maximum absolute atomic E-state index is 3.48. The van der Waals surface area contributed by atoms with Crippen LogP contribution in [0.1, 0.15) is 36.5 Å². The molecule has 1 fully saturated rings. The summed E-state index contributed by atoms with van der Waals surface area (Å²) < 4.78 is 0. The summed E-state index contributed by atoms with van der Waals surface area (Å²) in [7, 11) is 0. The molecule has 0 unspecified atom stereocenters. The molecule has 1 N–H and O–H groups in total. The first kappa shape index (κ1) is 10.7. The predicted molar refractivity (Wildman–Crippen MR) is 65.4 cm³/mol. The zero-order chi connectivity index (χ0) is 10.9. The second kappa shape index (κ2) is 3.97. The Bertz CT molecular complexity index is 350. The topological polar surface area (TPSA) is 12.0 Å². The minimum absolute atomic E-state index is 0.467. The van der Waals surface area contributed by atoms with E-state index in [9.17, 15) is 0 Å². The van der Waals surface area contributed by atoms with Gasteiger partial charge in [-0.15, -0.1) is 0 Å². The van der Waals surface area contributed by atoms with E-state index in [1.165, 1.54) is 29.5 Å². The van der Waals surface area contributed by atoms with Crippen LogP contribution in [-0.2, 0) is 5.41 Å². The van der Waals surface area contributed by atoms with Gasteiger partial charge in [0.2, 0.25) is 0 Å². The molecule has 1 heteroatoms. The van der Waals surface area contributed by atoms with Crippen molar-refractivity contribution in [3.05, 3.63) is 34.9 Å². The zero-order valence-electron chi connectivity index (χ0n) is 10.1. The molecule has 1 aliphatic carbocycles. The SMILES string of the molecule is CCNCC1(c2ccc(C)c(C)c2)CC1. The van der Waals surface area contributed by atoms with Crippen molar-refractivity contribution in [1.82, 2.24) is 5.32 Å². The van der Waals surface area contributed by atoms with Gasteiger partial charge in [0.15, 0.2) is 0 Å². The van der Waals surface area contributed by atoms with Crippen LogP contribution >= 0.6 is 0 Å². The second-order valence-corrected chi connectivity index (χ2v) is 4.86. The van der Waals surface area contributed by atoms with Gasteiger partial charge >= 0.3 is 0 Å². The Morgan fingerprint density at radius 1 is 1.20 bits per heavy atom. The average Bonchev–Trinajstić information content (AvgIpc) is 3.00. The summed E-state index contributed by atoms with van der Waals surface area (Å²) >= 11 is 0. The van der Waals surface area contributed by atoms with Gasteiger partial charge in [0.05, 0.1) is 0 Å². The third-order valence-corrected chi connectivity index (χ3v) is 3.69. The van der Waals surface area contributed by atoms with Gasteiger partial charge < -0.3 is 5.32 Å². The van der Waals surface area contributed by atoms with E-state index in [0.717, 1.165) is 13.1 Å².